The molecule has 3 heteroatoms. The molecule has 0 spiro atoms. The second kappa shape index (κ2) is 6.95. The minimum Gasteiger partial charge on any atom is -0.369 e. The Morgan fingerprint density at radius 1 is 1.00 bits per heavy atom. The van der Waals surface area contributed by atoms with Crippen LogP contribution in [0, 0.1) is 0 Å². The van der Waals surface area contributed by atoms with Crippen LogP contribution in [0.15, 0.2) is 48.5 Å². The second-order valence-corrected chi connectivity index (χ2v) is 5.20. The van der Waals surface area contributed by atoms with E-state index in [9.17, 15) is 0 Å². The third kappa shape index (κ3) is 3.97. The van der Waals surface area contributed by atoms with Gasteiger partial charge >= 0.3 is 0 Å². The third-order valence-corrected chi connectivity index (χ3v) is 3.58. The van der Waals surface area contributed by atoms with Crippen LogP contribution in [0.4, 0.5) is 0 Å². The lowest BCUT2D eigenvalue weighted by Gasteiger charge is -2.18. The topological polar surface area (TPSA) is 9.23 Å². The van der Waals surface area contributed by atoms with Gasteiger partial charge in [-0.25, -0.2) is 0 Å². The Hall–Kier alpha value is -1.02. The first-order valence-corrected chi connectivity index (χ1v) is 7.06. The van der Waals surface area contributed by atoms with E-state index in [0.717, 1.165) is 27.6 Å². The van der Waals surface area contributed by atoms with Gasteiger partial charge in [0, 0.05) is 10.0 Å². The van der Waals surface area contributed by atoms with E-state index in [-0.39, 0.29) is 6.10 Å². The summed E-state index contributed by atoms with van der Waals surface area (Å²) in [6.07, 6.45) is 0.904. The molecular weight excluding hydrogens is 279 g/mol. The molecule has 0 fully saturated rings. The van der Waals surface area contributed by atoms with Gasteiger partial charge in [-0.1, -0.05) is 60.5 Å². The van der Waals surface area contributed by atoms with Gasteiger partial charge in [-0.3, -0.25) is 0 Å². The zero-order chi connectivity index (χ0) is 13.7. The average Bonchev–Trinajstić information content (AvgIpc) is 2.43. The third-order valence-electron chi connectivity index (χ3n) is 2.99. The fourth-order valence-electron chi connectivity index (χ4n) is 1.94. The minimum atomic E-state index is 0.0179. The zero-order valence-corrected chi connectivity index (χ0v) is 12.3. The van der Waals surface area contributed by atoms with Gasteiger partial charge in [0.1, 0.15) is 0 Å². The molecule has 0 N–H and O–H groups in total. The predicted octanol–water partition coefficient (Wildman–Crippen LogP) is 5.66. The number of hydrogen-bond donors (Lipinski definition) is 0. The summed E-state index contributed by atoms with van der Waals surface area (Å²) in [6, 6.07) is 15.5. The van der Waals surface area contributed by atoms with Crippen molar-refractivity contribution in [3.05, 3.63) is 69.7 Å². The van der Waals surface area contributed by atoms with Crippen molar-refractivity contribution in [2.75, 3.05) is 0 Å². The van der Waals surface area contributed by atoms with E-state index < -0.39 is 0 Å². The van der Waals surface area contributed by atoms with E-state index in [0.29, 0.717) is 6.61 Å². The summed E-state index contributed by atoms with van der Waals surface area (Å²) in [5, 5.41) is 1.49. The molecule has 0 aliphatic rings. The first-order valence-electron chi connectivity index (χ1n) is 6.31. The highest BCUT2D eigenvalue weighted by molar-refractivity contribution is 6.31. The van der Waals surface area contributed by atoms with Crippen LogP contribution in [0.5, 0.6) is 0 Å². The van der Waals surface area contributed by atoms with Crippen molar-refractivity contribution in [3.8, 4) is 0 Å². The predicted molar refractivity (Wildman–Crippen MR) is 80.7 cm³/mol. The fourth-order valence-corrected chi connectivity index (χ4v) is 2.32. The average molecular weight is 295 g/mol. The lowest BCUT2D eigenvalue weighted by atomic mass is 10.1. The summed E-state index contributed by atoms with van der Waals surface area (Å²) in [4.78, 5) is 0. The Bertz CT molecular complexity index is 523. The Morgan fingerprint density at radius 2 is 1.68 bits per heavy atom. The van der Waals surface area contributed by atoms with Crippen LogP contribution in [0.2, 0.25) is 10.0 Å². The van der Waals surface area contributed by atoms with Crippen molar-refractivity contribution in [1.82, 2.24) is 0 Å². The molecule has 0 aliphatic carbocycles. The van der Waals surface area contributed by atoms with Crippen molar-refractivity contribution < 1.29 is 4.74 Å². The van der Waals surface area contributed by atoms with Crippen LogP contribution >= 0.6 is 23.2 Å². The lowest BCUT2D eigenvalue weighted by Crippen LogP contribution is -2.04. The maximum absolute atomic E-state index is 6.20. The van der Waals surface area contributed by atoms with Gasteiger partial charge in [0.25, 0.3) is 0 Å². The van der Waals surface area contributed by atoms with E-state index in [1.54, 1.807) is 0 Å². The fraction of sp³-hybridized carbons (Fsp3) is 0.250. The molecular formula is C16H16Cl2O. The monoisotopic (exact) mass is 294 g/mol. The highest BCUT2D eigenvalue weighted by Crippen LogP contribution is 2.28. The molecule has 0 aliphatic heterocycles. The SMILES string of the molecule is CCC(OCc1ccc(Cl)cc1)c1ccccc1Cl. The first kappa shape index (κ1) is 14.4. The van der Waals surface area contributed by atoms with Crippen LogP contribution < -0.4 is 0 Å². The van der Waals surface area contributed by atoms with Crippen LogP contribution in [0.25, 0.3) is 0 Å². The van der Waals surface area contributed by atoms with Gasteiger partial charge in [0.2, 0.25) is 0 Å². The lowest BCUT2D eigenvalue weighted by molar-refractivity contribution is 0.0372. The summed E-state index contributed by atoms with van der Waals surface area (Å²) in [5.74, 6) is 0. The Kier molecular flexibility index (Phi) is 5.26. The van der Waals surface area contributed by atoms with Crippen molar-refractivity contribution in [2.45, 2.75) is 26.1 Å². The molecule has 19 heavy (non-hydrogen) atoms. The summed E-state index contributed by atoms with van der Waals surface area (Å²) in [7, 11) is 0. The molecule has 1 nitrogen and oxygen atoms in total. The molecule has 0 bridgehead atoms. The highest BCUT2D eigenvalue weighted by atomic mass is 35.5. The van der Waals surface area contributed by atoms with Crippen LogP contribution in [0.3, 0.4) is 0 Å². The summed E-state index contributed by atoms with van der Waals surface area (Å²) in [5.41, 5.74) is 2.15. The van der Waals surface area contributed by atoms with Crippen molar-refractivity contribution in [2.24, 2.45) is 0 Å². The molecule has 0 radical (unpaired) electrons. The summed E-state index contributed by atoms with van der Waals surface area (Å²) in [6.45, 7) is 2.65. The minimum absolute atomic E-state index is 0.0179. The van der Waals surface area contributed by atoms with Gasteiger partial charge in [0.05, 0.1) is 12.7 Å². The number of benzene rings is 2. The summed E-state index contributed by atoms with van der Waals surface area (Å²) < 4.78 is 5.96. The molecule has 1 unspecified atom stereocenters. The maximum atomic E-state index is 6.20. The number of rotatable bonds is 5. The van der Waals surface area contributed by atoms with Gasteiger partial charge in [-0.2, -0.15) is 0 Å². The highest BCUT2D eigenvalue weighted by Gasteiger charge is 2.12. The largest absolute Gasteiger partial charge is 0.369 e. The number of ether oxygens (including phenoxy) is 1. The van der Waals surface area contributed by atoms with E-state index in [2.05, 4.69) is 6.92 Å². The molecule has 0 saturated heterocycles. The van der Waals surface area contributed by atoms with Crippen LogP contribution in [-0.4, -0.2) is 0 Å². The Labute approximate surface area is 124 Å². The standard InChI is InChI=1S/C16H16Cl2O/c1-2-16(14-5-3-4-6-15(14)18)19-11-12-7-9-13(17)10-8-12/h3-10,16H,2,11H2,1H3. The zero-order valence-electron chi connectivity index (χ0n) is 10.8. The maximum Gasteiger partial charge on any atom is 0.0841 e. The molecule has 100 valence electrons. The van der Waals surface area contributed by atoms with Gasteiger partial charge < -0.3 is 4.74 Å². The Morgan fingerprint density at radius 3 is 2.32 bits per heavy atom. The molecule has 0 saturated carbocycles. The van der Waals surface area contributed by atoms with Crippen molar-refractivity contribution in [3.63, 3.8) is 0 Å². The first-order chi connectivity index (χ1) is 9.20. The smallest absolute Gasteiger partial charge is 0.0841 e. The van der Waals surface area contributed by atoms with Crippen LogP contribution in [0.1, 0.15) is 30.6 Å². The molecule has 0 heterocycles. The van der Waals surface area contributed by atoms with E-state index in [4.69, 9.17) is 27.9 Å². The number of halogens is 2. The summed E-state index contributed by atoms with van der Waals surface area (Å²) >= 11 is 12.1. The molecule has 0 aromatic heterocycles. The molecule has 2 aromatic carbocycles. The molecule has 2 rings (SSSR count). The molecule has 2 aromatic rings. The molecule has 1 atom stereocenters. The van der Waals surface area contributed by atoms with Gasteiger partial charge in [0.15, 0.2) is 0 Å². The van der Waals surface area contributed by atoms with Crippen molar-refractivity contribution in [1.29, 1.82) is 0 Å². The van der Waals surface area contributed by atoms with Crippen LogP contribution in [-0.2, 0) is 11.3 Å². The van der Waals surface area contributed by atoms with Gasteiger partial charge in [-0.15, -0.1) is 0 Å². The van der Waals surface area contributed by atoms with Crippen molar-refractivity contribution >= 4 is 23.2 Å². The Balaban J connectivity index is 2.04. The molecule has 0 amide bonds. The van der Waals surface area contributed by atoms with E-state index in [1.807, 2.05) is 48.5 Å². The van der Waals surface area contributed by atoms with E-state index >= 15 is 0 Å². The number of hydrogen-bond acceptors (Lipinski definition) is 1. The quantitative estimate of drug-likeness (QED) is 0.691. The van der Waals surface area contributed by atoms with Gasteiger partial charge in [-0.05, 0) is 35.7 Å². The normalized spacial score (nSPS) is 12.4. The second-order valence-electron chi connectivity index (χ2n) is 4.36. The van der Waals surface area contributed by atoms with E-state index in [1.165, 1.54) is 0 Å².